The number of aromatic hydroxyl groups is 1. The molecule has 6 nitrogen and oxygen atoms in total. The maximum atomic E-state index is 12.2. The van der Waals surface area contributed by atoms with Crippen molar-refractivity contribution in [2.75, 3.05) is 5.32 Å². The molecule has 0 radical (unpaired) electrons. The number of hydrogen-bond acceptors (Lipinski definition) is 5. The smallest absolute Gasteiger partial charge is 0.311 e. The number of halogens is 2. The van der Waals surface area contributed by atoms with E-state index in [4.69, 9.17) is 32.4 Å². The molecule has 1 atom stereocenters. The number of furan rings is 1. The van der Waals surface area contributed by atoms with Crippen molar-refractivity contribution in [3.8, 4) is 5.75 Å². The molecule has 1 amide bonds. The number of ether oxygens (including phenoxy) is 1. The number of carbonyl (C=O) groups excluding carboxylic acids is 2. The summed E-state index contributed by atoms with van der Waals surface area (Å²) in [5.41, 5.74) is 1.46. The van der Waals surface area contributed by atoms with Crippen molar-refractivity contribution in [1.82, 2.24) is 0 Å². The molecule has 0 saturated carbocycles. The van der Waals surface area contributed by atoms with E-state index in [0.29, 0.717) is 32.3 Å². The molecule has 0 aliphatic carbocycles. The molecular formula is C19H15Cl2NO5. The average Bonchev–Trinajstić information content (AvgIpc) is 2.95. The molecule has 1 heterocycles. The summed E-state index contributed by atoms with van der Waals surface area (Å²) in [4.78, 5) is 24.4. The topological polar surface area (TPSA) is 88.8 Å². The van der Waals surface area contributed by atoms with Crippen LogP contribution in [-0.2, 0) is 20.7 Å². The Balaban J connectivity index is 1.61. The molecule has 0 spiro atoms. The predicted octanol–water partition coefficient (Wildman–Crippen LogP) is 4.56. The highest BCUT2D eigenvalue weighted by molar-refractivity contribution is 6.35. The molecular weight excluding hydrogens is 393 g/mol. The van der Waals surface area contributed by atoms with Gasteiger partial charge >= 0.3 is 5.97 Å². The second-order valence-corrected chi connectivity index (χ2v) is 6.77. The Kier molecular flexibility index (Phi) is 5.58. The second kappa shape index (κ2) is 7.90. The number of fused-ring (bicyclic) bond motifs is 1. The summed E-state index contributed by atoms with van der Waals surface area (Å²) >= 11 is 11.8. The second-order valence-electron chi connectivity index (χ2n) is 5.90. The zero-order valence-corrected chi connectivity index (χ0v) is 15.7. The van der Waals surface area contributed by atoms with Gasteiger partial charge in [0.1, 0.15) is 11.3 Å². The molecule has 140 valence electrons. The molecule has 8 heteroatoms. The maximum absolute atomic E-state index is 12.2. The van der Waals surface area contributed by atoms with Gasteiger partial charge in [-0.3, -0.25) is 9.59 Å². The number of phenolic OH excluding ortho intramolecular Hbond substituents is 1. The van der Waals surface area contributed by atoms with Crippen LogP contribution in [0.1, 0.15) is 12.5 Å². The molecule has 0 aliphatic rings. The molecule has 0 bridgehead atoms. The largest absolute Gasteiger partial charge is 0.508 e. The van der Waals surface area contributed by atoms with E-state index in [0.717, 1.165) is 0 Å². The Labute approximate surface area is 164 Å². The number of anilines is 1. The minimum atomic E-state index is -1.02. The van der Waals surface area contributed by atoms with Gasteiger partial charge in [0, 0.05) is 32.7 Å². The molecule has 3 aromatic rings. The van der Waals surface area contributed by atoms with Crippen LogP contribution in [-0.4, -0.2) is 23.1 Å². The number of carbonyl (C=O) groups is 2. The van der Waals surface area contributed by atoms with Crippen molar-refractivity contribution in [1.29, 1.82) is 0 Å². The van der Waals surface area contributed by atoms with Crippen LogP contribution in [0.3, 0.4) is 0 Å². The normalized spacial score (nSPS) is 12.0. The lowest BCUT2D eigenvalue weighted by atomic mass is 10.1. The van der Waals surface area contributed by atoms with Gasteiger partial charge in [-0.25, -0.2) is 0 Å². The summed E-state index contributed by atoms with van der Waals surface area (Å²) in [5.74, 6) is -1.03. The summed E-state index contributed by atoms with van der Waals surface area (Å²) in [6.45, 7) is 1.46. The highest BCUT2D eigenvalue weighted by atomic mass is 35.5. The quantitative estimate of drug-likeness (QED) is 0.605. The number of hydrogen-bond donors (Lipinski definition) is 2. The standard InChI is InChI=1S/C19H15Cl2NO5/c1-10(19(25)22-14-6-12(20)5-13(21)7-14)27-18(24)4-11-9-26-17-8-15(23)2-3-16(11)17/h2-3,5-10,23H,4H2,1H3,(H,22,25)/t10-/m0/s1. The van der Waals surface area contributed by atoms with Crippen molar-refractivity contribution in [3.63, 3.8) is 0 Å². The van der Waals surface area contributed by atoms with Gasteiger partial charge in [-0.05, 0) is 37.3 Å². The van der Waals surface area contributed by atoms with Gasteiger partial charge in [-0.15, -0.1) is 0 Å². The van der Waals surface area contributed by atoms with Gasteiger partial charge in [-0.2, -0.15) is 0 Å². The Morgan fingerprint density at radius 3 is 2.59 bits per heavy atom. The van der Waals surface area contributed by atoms with Crippen LogP contribution in [0.15, 0.2) is 47.1 Å². The molecule has 0 unspecified atom stereocenters. The average molecular weight is 408 g/mol. The van der Waals surface area contributed by atoms with Gasteiger partial charge in [-0.1, -0.05) is 23.2 Å². The molecule has 2 N–H and O–H groups in total. The van der Waals surface area contributed by atoms with Crippen LogP contribution in [0, 0.1) is 0 Å². The van der Waals surface area contributed by atoms with E-state index < -0.39 is 18.0 Å². The molecule has 0 saturated heterocycles. The lowest BCUT2D eigenvalue weighted by molar-refractivity contribution is -0.152. The van der Waals surface area contributed by atoms with E-state index in [-0.39, 0.29) is 12.2 Å². The third kappa shape index (κ3) is 4.72. The predicted molar refractivity (Wildman–Crippen MR) is 102 cm³/mol. The molecule has 2 aromatic carbocycles. The first-order valence-corrected chi connectivity index (χ1v) is 8.73. The summed E-state index contributed by atoms with van der Waals surface area (Å²) in [7, 11) is 0. The minimum Gasteiger partial charge on any atom is -0.508 e. The fourth-order valence-corrected chi connectivity index (χ4v) is 3.05. The zero-order chi connectivity index (χ0) is 19.6. The third-order valence-electron chi connectivity index (χ3n) is 3.78. The van der Waals surface area contributed by atoms with Crippen LogP contribution >= 0.6 is 23.2 Å². The molecule has 0 aliphatic heterocycles. The first-order chi connectivity index (χ1) is 12.8. The highest BCUT2D eigenvalue weighted by Crippen LogP contribution is 2.26. The summed E-state index contributed by atoms with van der Waals surface area (Å²) in [5, 5.41) is 13.5. The van der Waals surface area contributed by atoms with Crippen LogP contribution in [0.5, 0.6) is 5.75 Å². The summed E-state index contributed by atoms with van der Waals surface area (Å²) in [6.07, 6.45) is 0.333. The van der Waals surface area contributed by atoms with Gasteiger partial charge < -0.3 is 19.6 Å². The van der Waals surface area contributed by atoms with Gasteiger partial charge in [0.2, 0.25) is 0 Å². The molecule has 27 heavy (non-hydrogen) atoms. The molecule has 1 aromatic heterocycles. The van der Waals surface area contributed by atoms with E-state index >= 15 is 0 Å². The summed E-state index contributed by atoms with van der Waals surface area (Å²) < 4.78 is 10.5. The molecule has 3 rings (SSSR count). The Morgan fingerprint density at radius 2 is 1.89 bits per heavy atom. The van der Waals surface area contributed by atoms with Crippen molar-refractivity contribution in [2.45, 2.75) is 19.4 Å². The number of phenols is 1. The van der Waals surface area contributed by atoms with Gasteiger partial charge in [0.15, 0.2) is 6.10 Å². The number of benzene rings is 2. The van der Waals surface area contributed by atoms with Crippen LogP contribution < -0.4 is 5.32 Å². The van der Waals surface area contributed by atoms with E-state index in [2.05, 4.69) is 5.32 Å². The minimum absolute atomic E-state index is 0.0670. The SMILES string of the molecule is C[C@H](OC(=O)Cc1coc2cc(O)ccc12)C(=O)Nc1cc(Cl)cc(Cl)c1. The Bertz CT molecular complexity index is 994. The van der Waals surface area contributed by atoms with Crippen molar-refractivity contribution >= 4 is 51.7 Å². The van der Waals surface area contributed by atoms with Gasteiger partial charge in [0.25, 0.3) is 5.91 Å². The van der Waals surface area contributed by atoms with E-state index in [1.54, 1.807) is 6.07 Å². The van der Waals surface area contributed by atoms with E-state index in [1.165, 1.54) is 43.5 Å². The first kappa shape index (κ1) is 19.1. The fourth-order valence-electron chi connectivity index (χ4n) is 2.53. The highest BCUT2D eigenvalue weighted by Gasteiger charge is 2.20. The Hall–Kier alpha value is -2.70. The van der Waals surface area contributed by atoms with Crippen LogP contribution in [0.2, 0.25) is 10.0 Å². The van der Waals surface area contributed by atoms with Crippen LogP contribution in [0.25, 0.3) is 11.0 Å². The summed E-state index contributed by atoms with van der Waals surface area (Å²) in [6, 6.07) is 9.21. The van der Waals surface area contributed by atoms with E-state index in [1.807, 2.05) is 0 Å². The molecule has 0 fully saturated rings. The number of amides is 1. The number of nitrogens with one attached hydrogen (secondary N) is 1. The maximum Gasteiger partial charge on any atom is 0.311 e. The van der Waals surface area contributed by atoms with Crippen molar-refractivity contribution in [3.05, 3.63) is 58.3 Å². The van der Waals surface area contributed by atoms with Crippen molar-refractivity contribution < 1.29 is 23.8 Å². The first-order valence-electron chi connectivity index (χ1n) is 7.97. The van der Waals surface area contributed by atoms with E-state index in [9.17, 15) is 14.7 Å². The lowest BCUT2D eigenvalue weighted by Gasteiger charge is -2.13. The monoisotopic (exact) mass is 407 g/mol. The number of rotatable bonds is 5. The zero-order valence-electron chi connectivity index (χ0n) is 14.2. The lowest BCUT2D eigenvalue weighted by Crippen LogP contribution is -2.30. The fraction of sp³-hybridized carbons (Fsp3) is 0.158. The third-order valence-corrected chi connectivity index (χ3v) is 4.22. The van der Waals surface area contributed by atoms with Crippen molar-refractivity contribution in [2.24, 2.45) is 0 Å². The number of esters is 1. The van der Waals surface area contributed by atoms with Crippen LogP contribution in [0.4, 0.5) is 5.69 Å². The van der Waals surface area contributed by atoms with Gasteiger partial charge in [0.05, 0.1) is 12.7 Å². The Morgan fingerprint density at radius 1 is 1.19 bits per heavy atom.